The molecule has 3 aromatic rings. The summed E-state index contributed by atoms with van der Waals surface area (Å²) < 4.78 is 4.86. The number of esters is 1. The summed E-state index contributed by atoms with van der Waals surface area (Å²) in [7, 11) is 1.33. The molecule has 0 saturated heterocycles. The van der Waals surface area contributed by atoms with Crippen LogP contribution in [0.1, 0.15) is 27.4 Å². The van der Waals surface area contributed by atoms with E-state index in [0.717, 1.165) is 16.7 Å². The van der Waals surface area contributed by atoms with E-state index in [4.69, 9.17) is 9.94 Å². The summed E-state index contributed by atoms with van der Waals surface area (Å²) in [5, 5.41) is 8.49. The van der Waals surface area contributed by atoms with Gasteiger partial charge in [0.2, 0.25) is 0 Å². The Labute approximate surface area is 161 Å². The Morgan fingerprint density at radius 1 is 1.14 bits per heavy atom. The van der Waals surface area contributed by atoms with Gasteiger partial charge in [0, 0.05) is 18.1 Å². The molecule has 7 heteroatoms. The van der Waals surface area contributed by atoms with Gasteiger partial charge in [-0.15, -0.1) is 0 Å². The molecule has 0 fully saturated rings. The SMILES string of the molecule is COC(=O)c1[nH]c(Cc2ccc(C=CC(=O)NO)cc2)nc1-c1ccccc1. The molecule has 7 nitrogen and oxygen atoms in total. The van der Waals surface area contributed by atoms with Gasteiger partial charge in [0.05, 0.1) is 7.11 Å². The lowest BCUT2D eigenvalue weighted by atomic mass is 10.1. The number of benzene rings is 2. The minimum absolute atomic E-state index is 0.318. The van der Waals surface area contributed by atoms with Gasteiger partial charge in [-0.25, -0.2) is 15.3 Å². The number of hydroxylamine groups is 1. The molecule has 28 heavy (non-hydrogen) atoms. The highest BCUT2D eigenvalue weighted by molar-refractivity contribution is 5.94. The fourth-order valence-corrected chi connectivity index (χ4v) is 2.71. The smallest absolute Gasteiger partial charge is 0.356 e. The van der Waals surface area contributed by atoms with E-state index in [1.807, 2.05) is 54.6 Å². The van der Waals surface area contributed by atoms with Gasteiger partial charge >= 0.3 is 5.97 Å². The molecule has 0 aliphatic carbocycles. The number of aromatic nitrogens is 2. The van der Waals surface area contributed by atoms with Crippen LogP contribution in [0.4, 0.5) is 0 Å². The number of hydrogen-bond donors (Lipinski definition) is 3. The maximum atomic E-state index is 12.1. The molecular weight excluding hydrogens is 358 g/mol. The quantitative estimate of drug-likeness (QED) is 0.265. The number of amides is 1. The van der Waals surface area contributed by atoms with Crippen LogP contribution in [0.15, 0.2) is 60.7 Å². The summed E-state index contributed by atoms with van der Waals surface area (Å²) in [5.41, 5.74) is 5.03. The van der Waals surface area contributed by atoms with Crippen LogP contribution in [-0.2, 0) is 16.0 Å². The van der Waals surface area contributed by atoms with Crippen LogP contribution in [0, 0.1) is 0 Å². The van der Waals surface area contributed by atoms with Gasteiger partial charge in [-0.05, 0) is 17.2 Å². The normalized spacial score (nSPS) is 10.8. The molecule has 0 atom stereocenters. The molecule has 0 bridgehead atoms. The maximum Gasteiger partial charge on any atom is 0.356 e. The molecule has 142 valence electrons. The van der Waals surface area contributed by atoms with Crippen molar-refractivity contribution >= 4 is 18.0 Å². The molecular formula is C21H19N3O4. The van der Waals surface area contributed by atoms with Crippen LogP contribution in [0.25, 0.3) is 17.3 Å². The molecule has 0 saturated carbocycles. The molecule has 0 radical (unpaired) electrons. The van der Waals surface area contributed by atoms with Crippen molar-refractivity contribution in [2.45, 2.75) is 6.42 Å². The fraction of sp³-hybridized carbons (Fsp3) is 0.0952. The molecule has 3 N–H and O–H groups in total. The van der Waals surface area contributed by atoms with Gasteiger partial charge in [-0.2, -0.15) is 0 Å². The van der Waals surface area contributed by atoms with Crippen molar-refractivity contribution in [3.8, 4) is 11.3 Å². The maximum absolute atomic E-state index is 12.1. The van der Waals surface area contributed by atoms with E-state index >= 15 is 0 Å². The zero-order valence-electron chi connectivity index (χ0n) is 15.2. The first-order valence-electron chi connectivity index (χ1n) is 8.54. The Bertz CT molecular complexity index is 992. The van der Waals surface area contributed by atoms with Crippen molar-refractivity contribution in [3.05, 3.63) is 83.3 Å². The Morgan fingerprint density at radius 2 is 1.86 bits per heavy atom. The lowest BCUT2D eigenvalue weighted by Gasteiger charge is -2.00. The fourth-order valence-electron chi connectivity index (χ4n) is 2.71. The molecule has 2 aromatic carbocycles. The van der Waals surface area contributed by atoms with Crippen molar-refractivity contribution in [1.29, 1.82) is 0 Å². The van der Waals surface area contributed by atoms with E-state index < -0.39 is 11.9 Å². The molecule has 0 unspecified atom stereocenters. The number of imidazole rings is 1. The highest BCUT2D eigenvalue weighted by Crippen LogP contribution is 2.23. The van der Waals surface area contributed by atoms with Gasteiger partial charge in [0.25, 0.3) is 5.91 Å². The lowest BCUT2D eigenvalue weighted by molar-refractivity contribution is -0.124. The van der Waals surface area contributed by atoms with Crippen LogP contribution in [0.5, 0.6) is 0 Å². The van der Waals surface area contributed by atoms with E-state index in [1.54, 1.807) is 6.08 Å². The van der Waals surface area contributed by atoms with Crippen molar-refractivity contribution in [3.63, 3.8) is 0 Å². The van der Waals surface area contributed by atoms with Crippen molar-refractivity contribution in [1.82, 2.24) is 15.4 Å². The number of H-pyrrole nitrogens is 1. The van der Waals surface area contributed by atoms with Crippen LogP contribution >= 0.6 is 0 Å². The number of nitrogens with one attached hydrogen (secondary N) is 2. The van der Waals surface area contributed by atoms with Crippen LogP contribution < -0.4 is 5.48 Å². The van der Waals surface area contributed by atoms with Gasteiger partial charge < -0.3 is 9.72 Å². The molecule has 0 spiro atoms. The number of carbonyl (C=O) groups excluding carboxylic acids is 2. The molecule has 1 amide bonds. The number of methoxy groups -OCH3 is 1. The van der Waals surface area contributed by atoms with Gasteiger partial charge in [0.15, 0.2) is 5.69 Å². The van der Waals surface area contributed by atoms with Gasteiger partial charge in [-0.1, -0.05) is 54.6 Å². The van der Waals surface area contributed by atoms with Gasteiger partial charge in [-0.3, -0.25) is 10.0 Å². The van der Waals surface area contributed by atoms with Crippen molar-refractivity contribution < 1.29 is 19.5 Å². The molecule has 1 aromatic heterocycles. The van der Waals surface area contributed by atoms with E-state index in [-0.39, 0.29) is 0 Å². The van der Waals surface area contributed by atoms with E-state index in [0.29, 0.717) is 23.6 Å². The first-order valence-corrected chi connectivity index (χ1v) is 8.54. The largest absolute Gasteiger partial charge is 0.464 e. The summed E-state index contributed by atoms with van der Waals surface area (Å²) in [6, 6.07) is 16.9. The minimum Gasteiger partial charge on any atom is -0.464 e. The first kappa shape index (κ1) is 19.1. The highest BCUT2D eigenvalue weighted by atomic mass is 16.5. The summed E-state index contributed by atoms with van der Waals surface area (Å²) in [6.45, 7) is 0. The summed E-state index contributed by atoms with van der Waals surface area (Å²) in [4.78, 5) is 30.8. The number of ether oxygens (including phenoxy) is 1. The third-order valence-electron chi connectivity index (χ3n) is 4.08. The minimum atomic E-state index is -0.594. The summed E-state index contributed by atoms with van der Waals surface area (Å²) >= 11 is 0. The van der Waals surface area contributed by atoms with E-state index in [2.05, 4.69) is 9.97 Å². The molecule has 3 rings (SSSR count). The molecule has 0 aliphatic rings. The number of carbonyl (C=O) groups is 2. The topological polar surface area (TPSA) is 104 Å². The van der Waals surface area contributed by atoms with E-state index in [1.165, 1.54) is 18.7 Å². The van der Waals surface area contributed by atoms with E-state index in [9.17, 15) is 9.59 Å². The number of rotatable bonds is 6. The first-order chi connectivity index (χ1) is 13.6. The Hall–Kier alpha value is -3.71. The Morgan fingerprint density at radius 3 is 2.50 bits per heavy atom. The van der Waals surface area contributed by atoms with Crippen molar-refractivity contribution in [2.24, 2.45) is 0 Å². The Balaban J connectivity index is 1.83. The second kappa shape index (κ2) is 8.79. The second-order valence-corrected chi connectivity index (χ2v) is 5.99. The van der Waals surface area contributed by atoms with Gasteiger partial charge in [0.1, 0.15) is 11.5 Å². The standard InChI is InChI=1S/C21H19N3O4/c1-28-21(26)20-19(16-5-3-2-4-6-16)22-17(23-20)13-15-9-7-14(8-10-15)11-12-18(25)24-27/h2-12,27H,13H2,1H3,(H,22,23)(H,24,25). The third-order valence-corrected chi connectivity index (χ3v) is 4.08. The average Bonchev–Trinajstić information content (AvgIpc) is 3.16. The number of nitrogens with zero attached hydrogens (tertiary/aromatic N) is 1. The molecule has 0 aliphatic heterocycles. The van der Waals surface area contributed by atoms with Crippen molar-refractivity contribution in [2.75, 3.05) is 7.11 Å². The lowest BCUT2D eigenvalue weighted by Crippen LogP contribution is -2.14. The second-order valence-electron chi connectivity index (χ2n) is 5.99. The predicted molar refractivity (Wildman–Crippen MR) is 104 cm³/mol. The number of hydrogen-bond acceptors (Lipinski definition) is 5. The van der Waals surface area contributed by atoms with Crippen LogP contribution in [0.3, 0.4) is 0 Å². The zero-order valence-corrected chi connectivity index (χ0v) is 15.2. The molecule has 1 heterocycles. The summed E-state index contributed by atoms with van der Waals surface area (Å²) in [5.74, 6) is -0.425. The predicted octanol–water partition coefficient (Wildman–Crippen LogP) is 2.97. The average molecular weight is 377 g/mol. The Kier molecular flexibility index (Phi) is 5.98. The van der Waals surface area contributed by atoms with Crippen LogP contribution in [-0.4, -0.2) is 34.2 Å². The zero-order chi connectivity index (χ0) is 19.9. The van der Waals surface area contributed by atoms with Crippen LogP contribution in [0.2, 0.25) is 0 Å². The monoisotopic (exact) mass is 377 g/mol. The number of aromatic amines is 1. The third kappa shape index (κ3) is 4.52. The summed E-state index contributed by atoms with van der Waals surface area (Å²) in [6.07, 6.45) is 3.32. The highest BCUT2D eigenvalue weighted by Gasteiger charge is 2.19.